The third-order valence-corrected chi connectivity index (χ3v) is 5.79. The van der Waals surface area contributed by atoms with Gasteiger partial charge in [-0.3, -0.25) is 14.5 Å². The number of halogens is 3. The van der Waals surface area contributed by atoms with E-state index in [-0.39, 0.29) is 26.9 Å². The SMILES string of the molecule is COc1ccc(Cl)c(/C(O)=C2\C(=O)C(=O)N(c3ccc(F)c(Cl)c3)C2c2ccccc2)c1. The molecule has 1 fully saturated rings. The summed E-state index contributed by atoms with van der Waals surface area (Å²) in [5.41, 5.74) is 0.759. The van der Waals surface area contributed by atoms with Gasteiger partial charge in [0.2, 0.25) is 0 Å². The third kappa shape index (κ3) is 3.72. The summed E-state index contributed by atoms with van der Waals surface area (Å²) in [4.78, 5) is 27.4. The fourth-order valence-corrected chi connectivity index (χ4v) is 4.02. The minimum absolute atomic E-state index is 0.141. The van der Waals surface area contributed by atoms with Gasteiger partial charge in [-0.25, -0.2) is 4.39 Å². The molecule has 0 bridgehead atoms. The number of amides is 1. The van der Waals surface area contributed by atoms with Crippen molar-refractivity contribution in [2.24, 2.45) is 0 Å². The Labute approximate surface area is 193 Å². The lowest BCUT2D eigenvalue weighted by Gasteiger charge is -2.25. The second-order valence-corrected chi connectivity index (χ2v) is 7.84. The van der Waals surface area contributed by atoms with Crippen molar-refractivity contribution in [1.82, 2.24) is 0 Å². The predicted octanol–water partition coefficient (Wildman–Crippen LogP) is 5.77. The van der Waals surface area contributed by atoms with E-state index in [0.29, 0.717) is 11.3 Å². The summed E-state index contributed by atoms with van der Waals surface area (Å²) in [5.74, 6) is -2.49. The molecular formula is C24H16Cl2FNO4. The molecule has 1 atom stereocenters. The van der Waals surface area contributed by atoms with E-state index in [2.05, 4.69) is 0 Å². The minimum atomic E-state index is -0.986. The highest BCUT2D eigenvalue weighted by molar-refractivity contribution is 6.52. The summed E-state index contributed by atoms with van der Waals surface area (Å²) in [6.45, 7) is 0. The van der Waals surface area contributed by atoms with E-state index in [1.165, 1.54) is 36.3 Å². The van der Waals surface area contributed by atoms with Gasteiger partial charge in [0.05, 0.1) is 28.8 Å². The van der Waals surface area contributed by atoms with Gasteiger partial charge in [0, 0.05) is 11.3 Å². The first-order valence-electron chi connectivity index (χ1n) is 9.48. The van der Waals surface area contributed by atoms with Gasteiger partial charge < -0.3 is 9.84 Å². The van der Waals surface area contributed by atoms with Gasteiger partial charge in [-0.05, 0) is 42.0 Å². The number of carbonyl (C=O) groups excluding carboxylic acids is 2. The Morgan fingerprint density at radius 2 is 1.72 bits per heavy atom. The largest absolute Gasteiger partial charge is 0.507 e. The highest BCUT2D eigenvalue weighted by Crippen LogP contribution is 2.43. The van der Waals surface area contributed by atoms with E-state index in [4.69, 9.17) is 27.9 Å². The Morgan fingerprint density at radius 3 is 2.38 bits per heavy atom. The standard InChI is InChI=1S/C24H16Cl2FNO4/c1-32-15-8-9-17(25)16(12-15)22(29)20-21(13-5-3-2-4-6-13)28(24(31)23(20)30)14-7-10-19(27)18(26)11-14/h2-12,21,29H,1H3/b22-20+. The third-order valence-electron chi connectivity index (χ3n) is 5.17. The van der Waals surface area contributed by atoms with Gasteiger partial charge in [0.15, 0.2) is 0 Å². The molecule has 8 heteroatoms. The van der Waals surface area contributed by atoms with E-state index >= 15 is 0 Å². The summed E-state index contributed by atoms with van der Waals surface area (Å²) in [7, 11) is 1.45. The zero-order chi connectivity index (χ0) is 23.0. The van der Waals surface area contributed by atoms with E-state index < -0.39 is 29.3 Å². The fourth-order valence-electron chi connectivity index (χ4n) is 3.64. The maximum absolute atomic E-state index is 13.7. The normalized spacial score (nSPS) is 17.6. The number of hydrogen-bond acceptors (Lipinski definition) is 4. The minimum Gasteiger partial charge on any atom is -0.507 e. The number of Topliss-reactive ketones (excluding diaryl/α,β-unsaturated/α-hetero) is 1. The van der Waals surface area contributed by atoms with E-state index in [0.717, 1.165) is 6.07 Å². The Kier molecular flexibility index (Phi) is 5.91. The van der Waals surface area contributed by atoms with Crippen LogP contribution in [0.15, 0.2) is 72.3 Å². The molecule has 162 valence electrons. The number of aliphatic hydroxyl groups is 1. The summed E-state index contributed by atoms with van der Waals surface area (Å²) in [5, 5.41) is 11.1. The van der Waals surface area contributed by atoms with Crippen LogP contribution in [0.2, 0.25) is 10.0 Å². The lowest BCUT2D eigenvalue weighted by atomic mass is 9.95. The van der Waals surface area contributed by atoms with Crippen LogP contribution < -0.4 is 9.64 Å². The first-order chi connectivity index (χ1) is 15.3. The molecule has 5 nitrogen and oxygen atoms in total. The maximum atomic E-state index is 13.7. The van der Waals surface area contributed by atoms with Crippen LogP contribution in [0.4, 0.5) is 10.1 Å². The Balaban J connectivity index is 1.97. The van der Waals surface area contributed by atoms with Crippen molar-refractivity contribution in [2.75, 3.05) is 12.0 Å². The average molecular weight is 472 g/mol. The second-order valence-electron chi connectivity index (χ2n) is 7.02. The molecule has 3 aromatic rings. The summed E-state index contributed by atoms with van der Waals surface area (Å²) >= 11 is 12.2. The quantitative estimate of drug-likeness (QED) is 0.298. The van der Waals surface area contributed by atoms with Crippen LogP contribution in [0, 0.1) is 5.82 Å². The molecule has 1 amide bonds. The zero-order valence-corrected chi connectivity index (χ0v) is 18.2. The molecule has 1 heterocycles. The number of anilines is 1. The topological polar surface area (TPSA) is 66.8 Å². The smallest absolute Gasteiger partial charge is 0.300 e. The van der Waals surface area contributed by atoms with Crippen LogP contribution in [-0.4, -0.2) is 23.9 Å². The molecular weight excluding hydrogens is 456 g/mol. The Morgan fingerprint density at radius 1 is 1.00 bits per heavy atom. The molecule has 1 saturated heterocycles. The van der Waals surface area contributed by atoms with Crippen LogP contribution in [0.1, 0.15) is 17.2 Å². The predicted molar refractivity (Wildman–Crippen MR) is 121 cm³/mol. The van der Waals surface area contributed by atoms with E-state index in [9.17, 15) is 19.1 Å². The zero-order valence-electron chi connectivity index (χ0n) is 16.7. The molecule has 4 rings (SSSR count). The van der Waals surface area contributed by atoms with Crippen molar-refractivity contribution in [3.63, 3.8) is 0 Å². The fraction of sp³-hybridized carbons (Fsp3) is 0.0833. The molecule has 0 radical (unpaired) electrons. The number of carbonyl (C=O) groups is 2. The monoisotopic (exact) mass is 471 g/mol. The molecule has 1 aliphatic rings. The van der Waals surface area contributed by atoms with Gasteiger partial charge in [0.25, 0.3) is 11.7 Å². The molecule has 1 N–H and O–H groups in total. The number of hydrogen-bond donors (Lipinski definition) is 1. The van der Waals surface area contributed by atoms with Gasteiger partial charge in [-0.1, -0.05) is 53.5 Å². The number of rotatable bonds is 4. The van der Waals surface area contributed by atoms with Gasteiger partial charge in [0.1, 0.15) is 17.3 Å². The molecule has 1 aliphatic heterocycles. The first-order valence-corrected chi connectivity index (χ1v) is 10.2. The van der Waals surface area contributed by atoms with Crippen molar-refractivity contribution in [3.05, 3.63) is 99.3 Å². The molecule has 0 saturated carbocycles. The molecule has 3 aromatic carbocycles. The summed E-state index contributed by atoms with van der Waals surface area (Å²) in [6, 6.07) is 16.0. The number of ether oxygens (including phenoxy) is 1. The van der Waals surface area contributed by atoms with E-state index in [1.807, 2.05) is 0 Å². The second kappa shape index (κ2) is 8.65. The van der Waals surface area contributed by atoms with Crippen molar-refractivity contribution in [3.8, 4) is 5.75 Å². The van der Waals surface area contributed by atoms with E-state index in [1.54, 1.807) is 36.4 Å². The van der Waals surface area contributed by atoms with Gasteiger partial charge in [-0.2, -0.15) is 0 Å². The van der Waals surface area contributed by atoms with Crippen LogP contribution in [0.3, 0.4) is 0 Å². The molecule has 32 heavy (non-hydrogen) atoms. The number of nitrogens with zero attached hydrogens (tertiary/aromatic N) is 1. The number of methoxy groups -OCH3 is 1. The van der Waals surface area contributed by atoms with Crippen molar-refractivity contribution < 1.29 is 23.8 Å². The Bertz CT molecular complexity index is 1260. The van der Waals surface area contributed by atoms with Crippen molar-refractivity contribution >= 4 is 46.3 Å². The number of aliphatic hydroxyl groups excluding tert-OH is 1. The lowest BCUT2D eigenvalue weighted by Crippen LogP contribution is -2.29. The van der Waals surface area contributed by atoms with Crippen molar-refractivity contribution in [1.29, 1.82) is 0 Å². The van der Waals surface area contributed by atoms with Crippen LogP contribution in [0.25, 0.3) is 5.76 Å². The van der Waals surface area contributed by atoms with Gasteiger partial charge >= 0.3 is 0 Å². The molecule has 1 unspecified atom stereocenters. The van der Waals surface area contributed by atoms with Crippen LogP contribution in [0.5, 0.6) is 5.75 Å². The van der Waals surface area contributed by atoms with Crippen LogP contribution >= 0.6 is 23.2 Å². The van der Waals surface area contributed by atoms with Crippen LogP contribution in [-0.2, 0) is 9.59 Å². The first kappa shape index (κ1) is 21.9. The molecule has 0 aromatic heterocycles. The van der Waals surface area contributed by atoms with Crippen molar-refractivity contribution in [2.45, 2.75) is 6.04 Å². The number of ketones is 1. The summed E-state index contributed by atoms with van der Waals surface area (Å²) < 4.78 is 18.9. The average Bonchev–Trinajstić information content (AvgIpc) is 3.07. The number of benzene rings is 3. The lowest BCUT2D eigenvalue weighted by molar-refractivity contribution is -0.132. The summed E-state index contributed by atoms with van der Waals surface area (Å²) in [6.07, 6.45) is 0. The highest BCUT2D eigenvalue weighted by Gasteiger charge is 2.47. The molecule has 0 spiro atoms. The molecule has 0 aliphatic carbocycles. The maximum Gasteiger partial charge on any atom is 0.300 e. The Hall–Kier alpha value is -3.35. The van der Waals surface area contributed by atoms with Gasteiger partial charge in [-0.15, -0.1) is 0 Å². The highest BCUT2D eigenvalue weighted by atomic mass is 35.5.